The van der Waals surface area contributed by atoms with E-state index in [1.807, 2.05) is 18.2 Å². The number of rotatable bonds is 6. The Hall–Kier alpha value is -2.32. The molecule has 122 valence electrons. The average molecular weight is 317 g/mol. The Labute approximate surface area is 133 Å². The highest BCUT2D eigenvalue weighted by Crippen LogP contribution is 2.13. The van der Waals surface area contributed by atoms with Gasteiger partial charge in [0.05, 0.1) is 31.1 Å². The molecule has 0 aromatic carbocycles. The highest BCUT2D eigenvalue weighted by molar-refractivity contribution is 5.76. The molecule has 1 saturated heterocycles. The summed E-state index contributed by atoms with van der Waals surface area (Å²) in [5.41, 5.74) is 0.853. The highest BCUT2D eigenvalue weighted by Gasteiger charge is 2.28. The van der Waals surface area contributed by atoms with Crippen LogP contribution in [0.25, 0.3) is 0 Å². The van der Waals surface area contributed by atoms with E-state index in [2.05, 4.69) is 20.6 Å². The van der Waals surface area contributed by atoms with Gasteiger partial charge in [0.25, 0.3) is 0 Å². The summed E-state index contributed by atoms with van der Waals surface area (Å²) in [4.78, 5) is 16.3. The van der Waals surface area contributed by atoms with Crippen molar-refractivity contribution < 1.29 is 14.3 Å². The molecule has 0 unspecified atom stereocenters. The lowest BCUT2D eigenvalue weighted by molar-refractivity contribution is -0.127. The number of hydrogen-bond acceptors (Lipinski definition) is 6. The third-order valence-corrected chi connectivity index (χ3v) is 3.60. The molecule has 0 bridgehead atoms. The van der Waals surface area contributed by atoms with Crippen LogP contribution in [-0.2, 0) is 27.4 Å². The Morgan fingerprint density at radius 2 is 2.39 bits per heavy atom. The molecule has 2 aromatic heterocycles. The first-order valence-electron chi connectivity index (χ1n) is 7.54. The predicted molar refractivity (Wildman–Crippen MR) is 80.2 cm³/mol. The van der Waals surface area contributed by atoms with Gasteiger partial charge in [-0.1, -0.05) is 11.3 Å². The van der Waals surface area contributed by atoms with Crippen LogP contribution in [-0.4, -0.2) is 51.2 Å². The van der Waals surface area contributed by atoms with Crippen LogP contribution < -0.4 is 5.32 Å². The Morgan fingerprint density at radius 3 is 3.17 bits per heavy atom. The minimum absolute atomic E-state index is 0.0801. The van der Waals surface area contributed by atoms with Crippen molar-refractivity contribution in [1.29, 1.82) is 0 Å². The Kier molecular flexibility index (Phi) is 5.28. The van der Waals surface area contributed by atoms with E-state index in [0.29, 0.717) is 19.8 Å². The van der Waals surface area contributed by atoms with Gasteiger partial charge in [0, 0.05) is 19.0 Å². The van der Waals surface area contributed by atoms with Gasteiger partial charge in [0.1, 0.15) is 12.6 Å². The van der Waals surface area contributed by atoms with E-state index in [4.69, 9.17) is 9.47 Å². The van der Waals surface area contributed by atoms with Gasteiger partial charge in [0.15, 0.2) is 0 Å². The first-order chi connectivity index (χ1) is 11.3. The van der Waals surface area contributed by atoms with E-state index in [0.717, 1.165) is 12.1 Å². The zero-order valence-electron chi connectivity index (χ0n) is 12.7. The van der Waals surface area contributed by atoms with E-state index < -0.39 is 0 Å². The van der Waals surface area contributed by atoms with Crippen molar-refractivity contribution in [3.8, 4) is 0 Å². The van der Waals surface area contributed by atoms with E-state index in [-0.39, 0.29) is 24.6 Å². The molecule has 8 nitrogen and oxygen atoms in total. The third kappa shape index (κ3) is 4.57. The van der Waals surface area contributed by atoms with Gasteiger partial charge >= 0.3 is 0 Å². The van der Waals surface area contributed by atoms with Crippen LogP contribution in [0.2, 0.25) is 0 Å². The van der Waals surface area contributed by atoms with Gasteiger partial charge in [-0.3, -0.25) is 9.78 Å². The molecule has 0 aliphatic carbocycles. The lowest BCUT2D eigenvalue weighted by atomic mass is 10.1. The molecule has 0 radical (unpaired) electrons. The van der Waals surface area contributed by atoms with Gasteiger partial charge < -0.3 is 14.8 Å². The second-order valence-electron chi connectivity index (χ2n) is 5.31. The molecule has 23 heavy (non-hydrogen) atoms. The summed E-state index contributed by atoms with van der Waals surface area (Å²) in [6.07, 6.45) is 5.45. The standard InChI is InChI=1S/C15H19N5O3/c21-15(9-20-7-6-17-19-20)18-13-4-8-22-11-14(13)23-10-12-3-1-2-5-16-12/h1-3,5-7,13-14H,4,8-11H2,(H,18,21)/t13-,14-/m1/s1. The molecule has 0 saturated carbocycles. The summed E-state index contributed by atoms with van der Waals surface area (Å²) >= 11 is 0. The Bertz CT molecular complexity index is 605. The summed E-state index contributed by atoms with van der Waals surface area (Å²) in [5, 5.41) is 10.5. The average Bonchev–Trinajstić information content (AvgIpc) is 3.08. The highest BCUT2D eigenvalue weighted by atomic mass is 16.5. The Morgan fingerprint density at radius 1 is 1.43 bits per heavy atom. The summed E-state index contributed by atoms with van der Waals surface area (Å²) in [6, 6.07) is 5.60. The molecule has 1 N–H and O–H groups in total. The lowest BCUT2D eigenvalue weighted by Gasteiger charge is -2.32. The van der Waals surface area contributed by atoms with Crippen molar-refractivity contribution in [2.75, 3.05) is 13.2 Å². The molecule has 3 heterocycles. The monoisotopic (exact) mass is 317 g/mol. The smallest absolute Gasteiger partial charge is 0.242 e. The van der Waals surface area contributed by atoms with Crippen LogP contribution in [0.15, 0.2) is 36.8 Å². The van der Waals surface area contributed by atoms with Crippen LogP contribution in [0.1, 0.15) is 12.1 Å². The molecule has 0 spiro atoms. The van der Waals surface area contributed by atoms with Crippen LogP contribution in [0.5, 0.6) is 0 Å². The fourth-order valence-corrected chi connectivity index (χ4v) is 2.43. The maximum atomic E-state index is 12.1. The summed E-state index contributed by atoms with van der Waals surface area (Å²) in [7, 11) is 0. The summed E-state index contributed by atoms with van der Waals surface area (Å²) < 4.78 is 12.8. The number of amides is 1. The van der Waals surface area contributed by atoms with Crippen LogP contribution in [0.4, 0.5) is 0 Å². The SMILES string of the molecule is O=C(Cn1ccnn1)N[C@@H]1CCOC[C@H]1OCc1ccccn1. The summed E-state index contributed by atoms with van der Waals surface area (Å²) in [5.74, 6) is -0.117. The minimum atomic E-state index is -0.189. The number of nitrogens with zero attached hydrogens (tertiary/aromatic N) is 4. The lowest BCUT2D eigenvalue weighted by Crippen LogP contribution is -2.50. The fraction of sp³-hybridized carbons (Fsp3) is 0.467. The number of ether oxygens (including phenoxy) is 2. The molecular formula is C15H19N5O3. The molecule has 3 rings (SSSR count). The zero-order chi connectivity index (χ0) is 15.9. The molecule has 1 aliphatic heterocycles. The number of aromatic nitrogens is 4. The predicted octanol–water partition coefficient (Wildman–Crippen LogP) is 0.164. The molecule has 8 heteroatoms. The van der Waals surface area contributed by atoms with Gasteiger partial charge in [-0.15, -0.1) is 5.10 Å². The van der Waals surface area contributed by atoms with Crippen molar-refractivity contribution in [2.45, 2.75) is 31.7 Å². The van der Waals surface area contributed by atoms with Gasteiger partial charge in [-0.25, -0.2) is 4.68 Å². The maximum absolute atomic E-state index is 12.1. The third-order valence-electron chi connectivity index (χ3n) is 3.60. The number of nitrogens with one attached hydrogen (secondary N) is 1. The van der Waals surface area contributed by atoms with Gasteiger partial charge in [0.2, 0.25) is 5.91 Å². The maximum Gasteiger partial charge on any atom is 0.242 e. The first-order valence-corrected chi connectivity index (χ1v) is 7.54. The zero-order valence-corrected chi connectivity index (χ0v) is 12.7. The minimum Gasteiger partial charge on any atom is -0.379 e. The van der Waals surface area contributed by atoms with Gasteiger partial charge in [-0.05, 0) is 18.6 Å². The number of pyridine rings is 1. The van der Waals surface area contributed by atoms with E-state index in [1.54, 1.807) is 18.6 Å². The largest absolute Gasteiger partial charge is 0.379 e. The van der Waals surface area contributed by atoms with Crippen LogP contribution in [0, 0.1) is 0 Å². The van der Waals surface area contributed by atoms with Crippen LogP contribution in [0.3, 0.4) is 0 Å². The number of hydrogen-bond donors (Lipinski definition) is 1. The van der Waals surface area contributed by atoms with Crippen molar-refractivity contribution in [3.63, 3.8) is 0 Å². The van der Waals surface area contributed by atoms with Crippen molar-refractivity contribution in [3.05, 3.63) is 42.5 Å². The second kappa shape index (κ2) is 7.80. The van der Waals surface area contributed by atoms with Crippen molar-refractivity contribution >= 4 is 5.91 Å². The van der Waals surface area contributed by atoms with Gasteiger partial charge in [-0.2, -0.15) is 0 Å². The normalized spacial score (nSPS) is 21.0. The Balaban J connectivity index is 1.52. The molecule has 2 aromatic rings. The topological polar surface area (TPSA) is 91.2 Å². The van der Waals surface area contributed by atoms with E-state index in [1.165, 1.54) is 4.68 Å². The molecule has 2 atom stereocenters. The molecule has 1 fully saturated rings. The van der Waals surface area contributed by atoms with Crippen molar-refractivity contribution in [2.24, 2.45) is 0 Å². The van der Waals surface area contributed by atoms with E-state index >= 15 is 0 Å². The first kappa shape index (κ1) is 15.6. The quantitative estimate of drug-likeness (QED) is 0.816. The second-order valence-corrected chi connectivity index (χ2v) is 5.31. The fourth-order valence-electron chi connectivity index (χ4n) is 2.43. The number of carbonyl (C=O) groups is 1. The molecular weight excluding hydrogens is 298 g/mol. The molecule has 1 aliphatic rings. The summed E-state index contributed by atoms with van der Waals surface area (Å²) in [6.45, 7) is 1.60. The van der Waals surface area contributed by atoms with Crippen LogP contribution >= 0.6 is 0 Å². The number of carbonyl (C=O) groups excluding carboxylic acids is 1. The molecule has 1 amide bonds. The van der Waals surface area contributed by atoms with Crippen molar-refractivity contribution in [1.82, 2.24) is 25.3 Å². The van der Waals surface area contributed by atoms with E-state index in [9.17, 15) is 4.79 Å².